The van der Waals surface area contributed by atoms with Gasteiger partial charge in [-0.1, -0.05) is 27.7 Å². The Morgan fingerprint density at radius 3 is 2.33 bits per heavy atom. The molecule has 1 nitrogen and oxygen atoms in total. The van der Waals surface area contributed by atoms with E-state index in [1.165, 1.54) is 39.9 Å². The Morgan fingerprint density at radius 2 is 1.90 bits per heavy atom. The molecule has 1 fully saturated rings. The molecule has 0 aromatic carbocycles. The number of rotatable bonds is 4. The largest absolute Gasteiger partial charge is 0.309 e. The maximum atomic E-state index is 3.77. The predicted molar refractivity (Wildman–Crippen MR) is 98.1 cm³/mol. The molecular formula is C18H30BrNS. The third-order valence-electron chi connectivity index (χ3n) is 5.01. The number of nitrogens with one attached hydrogen (secondary N) is 1. The molecule has 1 unspecified atom stereocenters. The van der Waals surface area contributed by atoms with Gasteiger partial charge in [-0.05, 0) is 78.4 Å². The van der Waals surface area contributed by atoms with Crippen LogP contribution in [0.2, 0.25) is 0 Å². The number of hydrogen-bond acceptors (Lipinski definition) is 2. The molecule has 1 N–H and O–H groups in total. The van der Waals surface area contributed by atoms with Gasteiger partial charge in [0.2, 0.25) is 0 Å². The minimum Gasteiger partial charge on any atom is -0.309 e. The van der Waals surface area contributed by atoms with Crippen LogP contribution < -0.4 is 5.32 Å². The van der Waals surface area contributed by atoms with E-state index >= 15 is 0 Å². The SMILES string of the molecule is CCNC(c1sc(C)cc1Br)C1CCC(C(C)(C)C)CC1. The molecule has 1 heterocycles. The summed E-state index contributed by atoms with van der Waals surface area (Å²) in [6.45, 7) is 12.7. The van der Waals surface area contributed by atoms with E-state index in [0.717, 1.165) is 18.4 Å². The van der Waals surface area contributed by atoms with Gasteiger partial charge in [-0.25, -0.2) is 0 Å². The number of aryl methyl sites for hydroxylation is 1. The van der Waals surface area contributed by atoms with Gasteiger partial charge in [0.05, 0.1) is 0 Å². The molecule has 1 aromatic heterocycles. The van der Waals surface area contributed by atoms with Crippen LogP contribution >= 0.6 is 27.3 Å². The van der Waals surface area contributed by atoms with Crippen LogP contribution in [0.25, 0.3) is 0 Å². The lowest BCUT2D eigenvalue weighted by Gasteiger charge is -2.39. The fourth-order valence-corrected chi connectivity index (χ4v) is 5.79. The van der Waals surface area contributed by atoms with E-state index in [1.807, 2.05) is 11.3 Å². The molecule has 1 saturated carbocycles. The number of halogens is 1. The summed E-state index contributed by atoms with van der Waals surface area (Å²) in [5.41, 5.74) is 0.471. The summed E-state index contributed by atoms with van der Waals surface area (Å²) in [7, 11) is 0. The van der Waals surface area contributed by atoms with Crippen LogP contribution in [0, 0.1) is 24.2 Å². The first kappa shape index (κ1) is 17.5. The first-order valence-corrected chi connectivity index (χ1v) is 9.93. The third-order valence-corrected chi connectivity index (χ3v) is 7.06. The van der Waals surface area contributed by atoms with Crippen molar-refractivity contribution in [3.05, 3.63) is 20.3 Å². The van der Waals surface area contributed by atoms with Crippen molar-refractivity contribution in [1.29, 1.82) is 0 Å². The van der Waals surface area contributed by atoms with Gasteiger partial charge in [0.15, 0.2) is 0 Å². The van der Waals surface area contributed by atoms with Crippen molar-refractivity contribution >= 4 is 27.3 Å². The average Bonchev–Trinajstić information content (AvgIpc) is 2.74. The van der Waals surface area contributed by atoms with Crippen LogP contribution in [0.4, 0.5) is 0 Å². The Bertz CT molecular complexity index is 452. The number of thiophene rings is 1. The maximum absolute atomic E-state index is 3.77. The van der Waals surface area contributed by atoms with E-state index in [0.29, 0.717) is 11.5 Å². The normalized spacial score (nSPS) is 25.0. The summed E-state index contributed by atoms with van der Waals surface area (Å²) in [5.74, 6) is 1.68. The highest BCUT2D eigenvalue weighted by Crippen LogP contribution is 2.45. The molecular weight excluding hydrogens is 342 g/mol. The van der Waals surface area contributed by atoms with Gasteiger partial charge in [-0.3, -0.25) is 0 Å². The Labute approximate surface area is 143 Å². The molecule has 0 saturated heterocycles. The molecule has 3 heteroatoms. The van der Waals surface area contributed by atoms with Gasteiger partial charge < -0.3 is 5.32 Å². The monoisotopic (exact) mass is 371 g/mol. The molecule has 0 aliphatic heterocycles. The van der Waals surface area contributed by atoms with Crippen molar-refractivity contribution in [2.45, 2.75) is 66.3 Å². The van der Waals surface area contributed by atoms with Crippen LogP contribution in [0.15, 0.2) is 10.5 Å². The van der Waals surface area contributed by atoms with Gasteiger partial charge in [0, 0.05) is 20.3 Å². The van der Waals surface area contributed by atoms with Gasteiger partial charge in [-0.15, -0.1) is 11.3 Å². The van der Waals surface area contributed by atoms with Crippen molar-refractivity contribution in [2.75, 3.05) is 6.54 Å². The van der Waals surface area contributed by atoms with Crippen molar-refractivity contribution in [3.63, 3.8) is 0 Å². The van der Waals surface area contributed by atoms with Gasteiger partial charge in [0.25, 0.3) is 0 Å². The van der Waals surface area contributed by atoms with E-state index in [2.05, 4.69) is 61.9 Å². The van der Waals surface area contributed by atoms with E-state index in [-0.39, 0.29) is 0 Å². The van der Waals surface area contributed by atoms with Crippen molar-refractivity contribution < 1.29 is 0 Å². The molecule has 120 valence electrons. The Kier molecular flexibility index (Phi) is 5.95. The van der Waals surface area contributed by atoms with Gasteiger partial charge in [0.1, 0.15) is 0 Å². The van der Waals surface area contributed by atoms with Crippen LogP contribution in [0.5, 0.6) is 0 Å². The molecule has 1 atom stereocenters. The molecule has 0 spiro atoms. The second kappa shape index (κ2) is 7.14. The Hall–Kier alpha value is 0.140. The van der Waals surface area contributed by atoms with Crippen LogP contribution in [0.1, 0.15) is 69.2 Å². The van der Waals surface area contributed by atoms with Gasteiger partial charge >= 0.3 is 0 Å². The molecule has 21 heavy (non-hydrogen) atoms. The summed E-state index contributed by atoms with van der Waals surface area (Å²) in [4.78, 5) is 2.91. The smallest absolute Gasteiger partial charge is 0.0454 e. The van der Waals surface area contributed by atoms with E-state index in [4.69, 9.17) is 0 Å². The minimum atomic E-state index is 0.471. The minimum absolute atomic E-state index is 0.471. The first-order valence-electron chi connectivity index (χ1n) is 8.32. The molecule has 0 amide bonds. The molecule has 1 aliphatic carbocycles. The zero-order valence-corrected chi connectivity index (χ0v) is 16.5. The van der Waals surface area contributed by atoms with Crippen LogP contribution in [-0.2, 0) is 0 Å². The summed E-state index contributed by atoms with van der Waals surface area (Å²) < 4.78 is 1.30. The highest BCUT2D eigenvalue weighted by molar-refractivity contribution is 9.10. The second-order valence-electron chi connectivity index (χ2n) is 7.58. The number of hydrogen-bond donors (Lipinski definition) is 1. The maximum Gasteiger partial charge on any atom is 0.0454 e. The van der Waals surface area contributed by atoms with Crippen molar-refractivity contribution in [1.82, 2.24) is 5.32 Å². The first-order chi connectivity index (χ1) is 9.82. The lowest BCUT2D eigenvalue weighted by Crippen LogP contribution is -2.33. The summed E-state index contributed by atoms with van der Waals surface area (Å²) in [6.07, 6.45) is 5.50. The molecule has 1 aromatic rings. The van der Waals surface area contributed by atoms with Crippen LogP contribution in [-0.4, -0.2) is 6.54 Å². The van der Waals surface area contributed by atoms with E-state index in [1.54, 1.807) is 0 Å². The fourth-order valence-electron chi connectivity index (χ4n) is 3.73. The zero-order chi connectivity index (χ0) is 15.6. The van der Waals surface area contributed by atoms with E-state index in [9.17, 15) is 0 Å². The lowest BCUT2D eigenvalue weighted by molar-refractivity contribution is 0.133. The average molecular weight is 372 g/mol. The predicted octanol–water partition coefficient (Wildman–Crippen LogP) is 6.32. The summed E-state index contributed by atoms with van der Waals surface area (Å²) in [6, 6.07) is 2.80. The lowest BCUT2D eigenvalue weighted by atomic mass is 9.68. The molecule has 0 radical (unpaired) electrons. The summed E-state index contributed by atoms with van der Waals surface area (Å²) in [5, 5.41) is 3.76. The Balaban J connectivity index is 2.09. The quantitative estimate of drug-likeness (QED) is 0.652. The molecule has 2 rings (SSSR count). The molecule has 0 bridgehead atoms. The standard InChI is InChI=1S/C18H30BrNS/c1-6-20-16(17-15(19)11-12(2)21-17)13-7-9-14(10-8-13)18(3,4)5/h11,13-14,16,20H,6-10H2,1-5H3. The summed E-state index contributed by atoms with van der Waals surface area (Å²) >= 11 is 5.72. The Morgan fingerprint density at radius 1 is 1.29 bits per heavy atom. The fraction of sp³-hybridized carbons (Fsp3) is 0.778. The van der Waals surface area contributed by atoms with Crippen molar-refractivity contribution in [2.24, 2.45) is 17.3 Å². The third kappa shape index (κ3) is 4.33. The topological polar surface area (TPSA) is 12.0 Å². The highest BCUT2D eigenvalue weighted by Gasteiger charge is 2.34. The van der Waals surface area contributed by atoms with Gasteiger partial charge in [-0.2, -0.15) is 0 Å². The zero-order valence-electron chi connectivity index (χ0n) is 14.1. The highest BCUT2D eigenvalue weighted by atomic mass is 79.9. The van der Waals surface area contributed by atoms with E-state index < -0.39 is 0 Å². The molecule has 1 aliphatic rings. The van der Waals surface area contributed by atoms with Crippen LogP contribution in [0.3, 0.4) is 0 Å². The van der Waals surface area contributed by atoms with Crippen molar-refractivity contribution in [3.8, 4) is 0 Å². The second-order valence-corrected chi connectivity index (χ2v) is 9.72.